The molecule has 1 saturated heterocycles. The molecule has 2 atom stereocenters. The number of ketones is 1. The molecule has 0 aromatic heterocycles. The molecule has 5 nitrogen and oxygen atoms in total. The van der Waals surface area contributed by atoms with Crippen LogP contribution in [0.15, 0.2) is 84.9 Å². The van der Waals surface area contributed by atoms with E-state index in [0.29, 0.717) is 25.1 Å². The van der Waals surface area contributed by atoms with Gasteiger partial charge in [-0.25, -0.2) is 4.79 Å². The molecule has 3 aromatic rings. The molecule has 0 unspecified atom stereocenters. The average Bonchev–Trinajstić information content (AvgIpc) is 3.42. The molecule has 1 N–H and O–H groups in total. The Balaban J connectivity index is 1.43. The second-order valence-corrected chi connectivity index (χ2v) is 17.8. The van der Waals surface area contributed by atoms with Crippen LogP contribution in [0.1, 0.15) is 95.0 Å². The van der Waals surface area contributed by atoms with Crippen molar-refractivity contribution < 1.29 is 19.1 Å². The van der Waals surface area contributed by atoms with E-state index in [1.165, 1.54) is 59.4 Å². The van der Waals surface area contributed by atoms with Crippen LogP contribution in [-0.2, 0) is 10.8 Å². The standard InChI is InChI=1S/C38H51NO4Si/c1-5-6-7-8-9-12-17-30-22-24-32(25-23-30)36(40)27-33-26-31(28-39(33)37(41)42)29-43-44(38(2,3)4,34-18-13-10-14-19-34)35-20-15-11-16-21-35/h10-11,13-16,18-25,31,33H,5-9,12,17,26-29H2,1-4H3,(H,41,42)/t31-,33+/m0/s1. The normalized spacial score (nSPS) is 17.1. The van der Waals surface area contributed by atoms with Crippen LogP contribution in [0.2, 0.25) is 5.04 Å². The minimum Gasteiger partial charge on any atom is -0.465 e. The SMILES string of the molecule is CCCCCCCCc1ccc(C(=O)C[C@H]2C[C@H](CO[Si](c3ccccc3)(c3ccccc3)C(C)(C)C)CN2C(=O)O)cc1. The number of aryl methyl sites for hydroxylation is 1. The number of unbranched alkanes of at least 4 members (excludes halogenated alkanes) is 5. The minimum atomic E-state index is -2.73. The first-order valence-electron chi connectivity index (χ1n) is 16.5. The number of rotatable bonds is 15. The number of carbonyl (C=O) groups is 2. The molecule has 6 heteroatoms. The van der Waals surface area contributed by atoms with Gasteiger partial charge >= 0.3 is 6.09 Å². The number of carboxylic acid groups (broad SMARTS) is 1. The predicted octanol–water partition coefficient (Wildman–Crippen LogP) is 8.11. The zero-order valence-electron chi connectivity index (χ0n) is 27.1. The topological polar surface area (TPSA) is 66.8 Å². The molecule has 1 aliphatic heterocycles. The summed E-state index contributed by atoms with van der Waals surface area (Å²) in [4.78, 5) is 27.1. The van der Waals surface area contributed by atoms with Crippen molar-refractivity contribution in [1.29, 1.82) is 0 Å². The van der Waals surface area contributed by atoms with Crippen molar-refractivity contribution in [2.45, 2.75) is 96.6 Å². The Kier molecular flexibility index (Phi) is 12.0. The number of carbonyl (C=O) groups excluding carboxylic acids is 1. The monoisotopic (exact) mass is 613 g/mol. The third-order valence-electron chi connectivity index (χ3n) is 9.22. The van der Waals surface area contributed by atoms with Crippen LogP contribution in [0.3, 0.4) is 0 Å². The highest BCUT2D eigenvalue weighted by Gasteiger charge is 2.51. The summed E-state index contributed by atoms with van der Waals surface area (Å²) in [7, 11) is -2.73. The molecule has 0 aliphatic carbocycles. The molecule has 44 heavy (non-hydrogen) atoms. The summed E-state index contributed by atoms with van der Waals surface area (Å²) < 4.78 is 7.12. The lowest BCUT2D eigenvalue weighted by molar-refractivity contribution is 0.0934. The average molecular weight is 614 g/mol. The van der Waals surface area contributed by atoms with Crippen LogP contribution in [-0.4, -0.2) is 49.4 Å². The number of likely N-dealkylation sites (tertiary alicyclic amines) is 1. The van der Waals surface area contributed by atoms with Gasteiger partial charge in [0.1, 0.15) is 0 Å². The summed E-state index contributed by atoms with van der Waals surface area (Å²) in [5.74, 6) is 0.0196. The Hall–Kier alpha value is -3.22. The summed E-state index contributed by atoms with van der Waals surface area (Å²) in [6.45, 7) is 9.81. The highest BCUT2D eigenvalue weighted by molar-refractivity contribution is 6.99. The number of nitrogens with zero attached hydrogens (tertiary/aromatic N) is 1. The van der Waals surface area contributed by atoms with Gasteiger partial charge < -0.3 is 14.4 Å². The second kappa shape index (κ2) is 15.7. The fraction of sp³-hybridized carbons (Fsp3) is 0.474. The van der Waals surface area contributed by atoms with Gasteiger partial charge in [0.05, 0.1) is 0 Å². The lowest BCUT2D eigenvalue weighted by Gasteiger charge is -2.43. The lowest BCUT2D eigenvalue weighted by Crippen LogP contribution is -2.67. The molecule has 4 rings (SSSR count). The smallest absolute Gasteiger partial charge is 0.407 e. The van der Waals surface area contributed by atoms with Crippen LogP contribution in [0.25, 0.3) is 0 Å². The van der Waals surface area contributed by atoms with Gasteiger partial charge in [0.2, 0.25) is 0 Å². The summed E-state index contributed by atoms with van der Waals surface area (Å²) >= 11 is 0. The fourth-order valence-electron chi connectivity index (χ4n) is 6.87. The third-order valence-corrected chi connectivity index (χ3v) is 14.2. The Morgan fingerprint density at radius 2 is 1.41 bits per heavy atom. The largest absolute Gasteiger partial charge is 0.465 e. The maximum Gasteiger partial charge on any atom is 0.407 e. The molecular formula is C38H51NO4Si. The van der Waals surface area contributed by atoms with Gasteiger partial charge in [0.15, 0.2) is 5.78 Å². The van der Waals surface area contributed by atoms with E-state index in [1.54, 1.807) is 0 Å². The molecule has 1 fully saturated rings. The Morgan fingerprint density at radius 1 is 0.841 bits per heavy atom. The van der Waals surface area contributed by atoms with Gasteiger partial charge in [0, 0.05) is 37.1 Å². The number of hydrogen-bond donors (Lipinski definition) is 1. The Labute approximate surface area is 265 Å². The number of Topliss-reactive ketones (excluding diaryl/α,β-unsaturated/α-hetero) is 1. The van der Waals surface area contributed by atoms with Crippen LogP contribution in [0.4, 0.5) is 4.79 Å². The molecular weight excluding hydrogens is 563 g/mol. The Bertz CT molecular complexity index is 1280. The van der Waals surface area contributed by atoms with Crippen LogP contribution < -0.4 is 10.4 Å². The first-order chi connectivity index (χ1) is 21.2. The van der Waals surface area contributed by atoms with Gasteiger partial charge in [-0.05, 0) is 40.2 Å². The molecule has 0 radical (unpaired) electrons. The molecule has 0 saturated carbocycles. The van der Waals surface area contributed by atoms with Crippen LogP contribution in [0, 0.1) is 5.92 Å². The van der Waals surface area contributed by atoms with Gasteiger partial charge in [-0.1, -0.05) is 145 Å². The summed E-state index contributed by atoms with van der Waals surface area (Å²) in [6.07, 6.45) is 8.46. The van der Waals surface area contributed by atoms with Crippen molar-refractivity contribution in [2.75, 3.05) is 13.2 Å². The molecule has 3 aromatic carbocycles. The van der Waals surface area contributed by atoms with Crippen LogP contribution in [0.5, 0.6) is 0 Å². The van der Waals surface area contributed by atoms with Crippen molar-refractivity contribution in [3.05, 3.63) is 96.1 Å². The number of benzene rings is 3. The van der Waals surface area contributed by atoms with E-state index in [2.05, 4.69) is 88.4 Å². The van der Waals surface area contributed by atoms with Crippen molar-refractivity contribution in [1.82, 2.24) is 4.90 Å². The van der Waals surface area contributed by atoms with Gasteiger partial charge in [0.25, 0.3) is 8.32 Å². The summed E-state index contributed by atoms with van der Waals surface area (Å²) in [6, 6.07) is 28.6. The quantitative estimate of drug-likeness (QED) is 0.107. The maximum atomic E-state index is 13.3. The zero-order valence-corrected chi connectivity index (χ0v) is 28.1. The molecule has 236 valence electrons. The third kappa shape index (κ3) is 8.27. The summed E-state index contributed by atoms with van der Waals surface area (Å²) in [5, 5.41) is 12.3. The molecule has 0 spiro atoms. The summed E-state index contributed by atoms with van der Waals surface area (Å²) in [5.41, 5.74) is 1.92. The first kappa shape index (κ1) is 33.7. The van der Waals surface area contributed by atoms with Gasteiger partial charge in [-0.15, -0.1) is 0 Å². The van der Waals surface area contributed by atoms with E-state index < -0.39 is 14.4 Å². The molecule has 0 bridgehead atoms. The maximum absolute atomic E-state index is 13.3. The van der Waals surface area contributed by atoms with Crippen LogP contribution >= 0.6 is 0 Å². The van der Waals surface area contributed by atoms with E-state index in [1.807, 2.05) is 24.3 Å². The van der Waals surface area contributed by atoms with Gasteiger partial charge in [-0.2, -0.15) is 0 Å². The minimum absolute atomic E-state index is 0.000850. The van der Waals surface area contributed by atoms with E-state index >= 15 is 0 Å². The van der Waals surface area contributed by atoms with E-state index in [4.69, 9.17) is 4.43 Å². The second-order valence-electron chi connectivity index (χ2n) is 13.5. The number of amides is 1. The van der Waals surface area contributed by atoms with Crippen molar-refractivity contribution in [3.63, 3.8) is 0 Å². The highest BCUT2D eigenvalue weighted by atomic mass is 28.4. The van der Waals surface area contributed by atoms with E-state index in [0.717, 1.165) is 6.42 Å². The molecule has 1 aliphatic rings. The number of hydrogen-bond acceptors (Lipinski definition) is 3. The molecule has 1 heterocycles. The zero-order chi connectivity index (χ0) is 31.6. The van der Waals surface area contributed by atoms with Crippen molar-refractivity contribution in [3.8, 4) is 0 Å². The fourth-order valence-corrected chi connectivity index (χ4v) is 11.5. The van der Waals surface area contributed by atoms with Crippen molar-refractivity contribution in [2.24, 2.45) is 5.92 Å². The highest BCUT2D eigenvalue weighted by Crippen LogP contribution is 2.38. The van der Waals surface area contributed by atoms with Crippen molar-refractivity contribution >= 4 is 30.6 Å². The first-order valence-corrected chi connectivity index (χ1v) is 18.4. The van der Waals surface area contributed by atoms with E-state index in [-0.39, 0.29) is 29.2 Å². The molecule has 1 amide bonds. The Morgan fingerprint density at radius 3 is 1.95 bits per heavy atom. The van der Waals surface area contributed by atoms with E-state index in [9.17, 15) is 14.7 Å². The predicted molar refractivity (Wildman–Crippen MR) is 183 cm³/mol. The van der Waals surface area contributed by atoms with Gasteiger partial charge in [-0.3, -0.25) is 4.79 Å². The lowest BCUT2D eigenvalue weighted by atomic mass is 9.97.